The number of hydrogen-bond acceptors (Lipinski definition) is 3. The molecule has 0 aliphatic carbocycles. The maximum absolute atomic E-state index is 5.61. The van der Waals surface area contributed by atoms with Gasteiger partial charge in [-0.15, -0.1) is 11.3 Å². The molecule has 3 heteroatoms. The van der Waals surface area contributed by atoms with Crippen LogP contribution in [0.3, 0.4) is 0 Å². The minimum absolute atomic E-state index is 0.464. The third-order valence-electron chi connectivity index (χ3n) is 3.41. The van der Waals surface area contributed by atoms with Gasteiger partial charge in [0.2, 0.25) is 0 Å². The molecule has 1 unspecified atom stereocenters. The minimum atomic E-state index is 0.464. The van der Waals surface area contributed by atoms with Crippen molar-refractivity contribution in [2.24, 2.45) is 0 Å². The van der Waals surface area contributed by atoms with Crippen LogP contribution in [0.4, 0.5) is 0 Å². The third-order valence-corrected chi connectivity index (χ3v) is 4.40. The molecule has 0 amide bonds. The highest BCUT2D eigenvalue weighted by Gasteiger charge is 2.10. The lowest BCUT2D eigenvalue weighted by molar-refractivity contribution is 0.317. The molecule has 0 aliphatic rings. The van der Waals surface area contributed by atoms with E-state index in [-0.39, 0.29) is 0 Å². The zero-order valence-electron chi connectivity index (χ0n) is 13.0. The van der Waals surface area contributed by atoms with Crippen molar-refractivity contribution in [3.8, 4) is 5.75 Å². The molecule has 1 aromatic heterocycles. The highest BCUT2D eigenvalue weighted by Crippen LogP contribution is 2.23. The molecule has 0 spiro atoms. The zero-order chi connectivity index (χ0) is 14.9. The smallest absolute Gasteiger partial charge is 0.119 e. The van der Waals surface area contributed by atoms with E-state index in [0.717, 1.165) is 25.3 Å². The summed E-state index contributed by atoms with van der Waals surface area (Å²) in [5.74, 6) is 0.962. The summed E-state index contributed by atoms with van der Waals surface area (Å²) in [5.41, 5.74) is 1.30. The first kappa shape index (κ1) is 16.1. The molecule has 0 saturated heterocycles. The largest absolute Gasteiger partial charge is 0.494 e. The summed E-state index contributed by atoms with van der Waals surface area (Å²) < 4.78 is 5.61. The predicted octanol–water partition coefficient (Wildman–Crippen LogP) is 5.17. The van der Waals surface area contributed by atoms with Gasteiger partial charge in [-0.25, -0.2) is 0 Å². The topological polar surface area (TPSA) is 21.3 Å². The standard InChI is InChI=1S/C18H25NOS/c1-3-6-17(18-7-5-13-21-18)19-14-15-8-10-16(11-9-15)20-12-4-2/h5,7-11,13,17,19H,3-4,6,12,14H2,1-2H3. The van der Waals surface area contributed by atoms with Crippen LogP contribution in [0.1, 0.15) is 49.6 Å². The van der Waals surface area contributed by atoms with Gasteiger partial charge >= 0.3 is 0 Å². The van der Waals surface area contributed by atoms with Crippen molar-refractivity contribution >= 4 is 11.3 Å². The molecule has 0 saturated carbocycles. The monoisotopic (exact) mass is 303 g/mol. The van der Waals surface area contributed by atoms with Crippen molar-refractivity contribution < 1.29 is 4.74 Å². The molecule has 0 radical (unpaired) electrons. The Kier molecular flexibility index (Phi) is 6.77. The number of hydrogen-bond donors (Lipinski definition) is 1. The van der Waals surface area contributed by atoms with Crippen LogP contribution in [-0.2, 0) is 6.54 Å². The second-order valence-electron chi connectivity index (χ2n) is 5.23. The SMILES string of the molecule is CCCOc1ccc(CNC(CCC)c2cccs2)cc1. The van der Waals surface area contributed by atoms with Crippen molar-refractivity contribution in [1.29, 1.82) is 0 Å². The lowest BCUT2D eigenvalue weighted by Crippen LogP contribution is -2.19. The van der Waals surface area contributed by atoms with E-state index in [9.17, 15) is 0 Å². The fraction of sp³-hybridized carbons (Fsp3) is 0.444. The van der Waals surface area contributed by atoms with Gasteiger partial charge in [-0.05, 0) is 42.0 Å². The summed E-state index contributed by atoms with van der Waals surface area (Å²) in [7, 11) is 0. The fourth-order valence-electron chi connectivity index (χ4n) is 2.29. The Labute approximate surface area is 132 Å². The van der Waals surface area contributed by atoms with Crippen LogP contribution in [0, 0.1) is 0 Å². The maximum Gasteiger partial charge on any atom is 0.119 e. The average molecular weight is 303 g/mol. The molecule has 0 fully saturated rings. The van der Waals surface area contributed by atoms with E-state index >= 15 is 0 Å². The molecular weight excluding hydrogens is 278 g/mol. The van der Waals surface area contributed by atoms with Gasteiger partial charge in [-0.2, -0.15) is 0 Å². The van der Waals surface area contributed by atoms with Crippen LogP contribution in [0.5, 0.6) is 5.75 Å². The first-order valence-corrected chi connectivity index (χ1v) is 8.70. The third kappa shape index (κ3) is 5.18. The van der Waals surface area contributed by atoms with Gasteiger partial charge in [0.15, 0.2) is 0 Å². The van der Waals surface area contributed by atoms with Crippen molar-refractivity contribution in [3.05, 3.63) is 52.2 Å². The van der Waals surface area contributed by atoms with E-state index in [2.05, 4.69) is 60.9 Å². The summed E-state index contributed by atoms with van der Waals surface area (Å²) >= 11 is 1.84. The molecule has 1 atom stereocenters. The lowest BCUT2D eigenvalue weighted by atomic mass is 10.1. The molecule has 0 bridgehead atoms. The first-order chi connectivity index (χ1) is 10.3. The van der Waals surface area contributed by atoms with Crippen LogP contribution in [0.2, 0.25) is 0 Å². The van der Waals surface area contributed by atoms with Crippen molar-refractivity contribution in [1.82, 2.24) is 5.32 Å². The van der Waals surface area contributed by atoms with E-state index in [1.165, 1.54) is 23.3 Å². The van der Waals surface area contributed by atoms with E-state index in [1.807, 2.05) is 11.3 Å². The Bertz CT molecular complexity index is 492. The number of ether oxygens (including phenoxy) is 1. The highest BCUT2D eigenvalue weighted by molar-refractivity contribution is 7.10. The Morgan fingerprint density at radius 1 is 1.10 bits per heavy atom. The van der Waals surface area contributed by atoms with E-state index in [4.69, 9.17) is 4.74 Å². The molecule has 114 valence electrons. The van der Waals surface area contributed by atoms with E-state index < -0.39 is 0 Å². The molecular formula is C18H25NOS. The van der Waals surface area contributed by atoms with Gasteiger partial charge in [0.05, 0.1) is 6.61 Å². The Morgan fingerprint density at radius 2 is 1.90 bits per heavy atom. The molecule has 1 N–H and O–H groups in total. The van der Waals surface area contributed by atoms with Gasteiger partial charge in [0, 0.05) is 17.5 Å². The van der Waals surface area contributed by atoms with E-state index in [0.29, 0.717) is 6.04 Å². The summed E-state index contributed by atoms with van der Waals surface area (Å²) in [6, 6.07) is 13.2. The van der Waals surface area contributed by atoms with Crippen LogP contribution < -0.4 is 10.1 Å². The summed E-state index contributed by atoms with van der Waals surface area (Å²) in [6.45, 7) is 6.05. The van der Waals surface area contributed by atoms with E-state index in [1.54, 1.807) is 0 Å². The van der Waals surface area contributed by atoms with Crippen LogP contribution in [-0.4, -0.2) is 6.61 Å². The van der Waals surface area contributed by atoms with Gasteiger partial charge < -0.3 is 10.1 Å². The minimum Gasteiger partial charge on any atom is -0.494 e. The average Bonchev–Trinajstić information content (AvgIpc) is 3.04. The van der Waals surface area contributed by atoms with Crippen molar-refractivity contribution in [2.45, 2.75) is 45.7 Å². The highest BCUT2D eigenvalue weighted by atomic mass is 32.1. The Balaban J connectivity index is 1.88. The quantitative estimate of drug-likeness (QED) is 0.690. The van der Waals surface area contributed by atoms with Gasteiger partial charge in [0.25, 0.3) is 0 Å². The number of nitrogens with one attached hydrogen (secondary N) is 1. The Morgan fingerprint density at radius 3 is 2.52 bits per heavy atom. The Hall–Kier alpha value is -1.32. The van der Waals surface area contributed by atoms with Crippen molar-refractivity contribution in [2.75, 3.05) is 6.61 Å². The molecule has 1 heterocycles. The fourth-order valence-corrected chi connectivity index (χ4v) is 3.12. The normalized spacial score (nSPS) is 12.3. The lowest BCUT2D eigenvalue weighted by Gasteiger charge is -2.17. The summed E-state index contributed by atoms with van der Waals surface area (Å²) in [4.78, 5) is 1.43. The maximum atomic E-state index is 5.61. The molecule has 2 rings (SSSR count). The van der Waals surface area contributed by atoms with Crippen LogP contribution >= 0.6 is 11.3 Å². The van der Waals surface area contributed by atoms with Gasteiger partial charge in [-0.3, -0.25) is 0 Å². The van der Waals surface area contributed by atoms with Crippen LogP contribution in [0.15, 0.2) is 41.8 Å². The summed E-state index contributed by atoms with van der Waals surface area (Å²) in [5, 5.41) is 5.82. The zero-order valence-corrected chi connectivity index (χ0v) is 13.8. The number of benzene rings is 1. The predicted molar refractivity (Wildman–Crippen MR) is 91.0 cm³/mol. The molecule has 2 aromatic rings. The summed E-state index contributed by atoms with van der Waals surface area (Å²) in [6.07, 6.45) is 3.42. The molecule has 1 aromatic carbocycles. The first-order valence-electron chi connectivity index (χ1n) is 7.82. The van der Waals surface area contributed by atoms with Crippen LogP contribution in [0.25, 0.3) is 0 Å². The second-order valence-corrected chi connectivity index (χ2v) is 6.21. The number of rotatable bonds is 9. The van der Waals surface area contributed by atoms with Gasteiger partial charge in [-0.1, -0.05) is 38.5 Å². The number of thiophene rings is 1. The molecule has 21 heavy (non-hydrogen) atoms. The second kappa shape index (κ2) is 8.85. The van der Waals surface area contributed by atoms with Gasteiger partial charge in [0.1, 0.15) is 5.75 Å². The molecule has 0 aliphatic heterocycles. The molecule has 2 nitrogen and oxygen atoms in total. The van der Waals surface area contributed by atoms with Crippen molar-refractivity contribution in [3.63, 3.8) is 0 Å².